The first-order valence-electron chi connectivity index (χ1n) is 8.33. The third-order valence-corrected chi connectivity index (χ3v) is 5.84. The fourth-order valence-electron chi connectivity index (χ4n) is 4.91. The second-order valence-corrected chi connectivity index (χ2v) is 8.80. The fourth-order valence-corrected chi connectivity index (χ4v) is 4.91. The lowest BCUT2D eigenvalue weighted by atomic mass is 9.86. The summed E-state index contributed by atoms with van der Waals surface area (Å²) in [5.74, 6) is 1.96. The van der Waals surface area contributed by atoms with Crippen molar-refractivity contribution in [3.8, 4) is 0 Å². The van der Waals surface area contributed by atoms with Gasteiger partial charge in [0.2, 0.25) is 0 Å². The summed E-state index contributed by atoms with van der Waals surface area (Å²) in [5.41, 5.74) is 0.985. The molecule has 110 valence electrons. The Hall–Kier alpha value is -0.0800. The van der Waals surface area contributed by atoms with E-state index < -0.39 is 0 Å². The first-order valence-corrected chi connectivity index (χ1v) is 8.33. The van der Waals surface area contributed by atoms with E-state index in [9.17, 15) is 0 Å². The summed E-state index contributed by atoms with van der Waals surface area (Å²) in [4.78, 5) is 5.44. The molecule has 0 N–H and O–H groups in total. The van der Waals surface area contributed by atoms with Gasteiger partial charge in [-0.15, -0.1) is 0 Å². The van der Waals surface area contributed by atoms with E-state index in [1.54, 1.807) is 0 Å². The lowest BCUT2D eigenvalue weighted by Gasteiger charge is -2.35. The highest BCUT2D eigenvalue weighted by Crippen LogP contribution is 2.50. The number of hydrogen-bond donors (Lipinski definition) is 0. The van der Waals surface area contributed by atoms with Gasteiger partial charge in [0.05, 0.1) is 0 Å². The van der Waals surface area contributed by atoms with Crippen molar-refractivity contribution in [1.29, 1.82) is 0 Å². The fraction of sp³-hybridized carbons (Fsp3) is 1.00. The molecular weight excluding hydrogens is 232 g/mol. The highest BCUT2D eigenvalue weighted by molar-refractivity contribution is 5.01. The SMILES string of the molecule is CC1(CN2CCCC2)CC2CN(C(C)(C)C)CC2C1. The first kappa shape index (κ1) is 13.9. The van der Waals surface area contributed by atoms with Crippen LogP contribution in [0.4, 0.5) is 0 Å². The summed E-state index contributed by atoms with van der Waals surface area (Å²) in [6, 6.07) is 0. The van der Waals surface area contributed by atoms with Crippen molar-refractivity contribution in [2.75, 3.05) is 32.7 Å². The molecule has 0 amide bonds. The molecule has 2 heteroatoms. The lowest BCUT2D eigenvalue weighted by molar-refractivity contribution is 0.132. The predicted octanol–water partition coefficient (Wildman–Crippen LogP) is 3.23. The lowest BCUT2D eigenvalue weighted by Crippen LogP contribution is -2.41. The Balaban J connectivity index is 1.57. The van der Waals surface area contributed by atoms with Crippen LogP contribution in [0.5, 0.6) is 0 Å². The van der Waals surface area contributed by atoms with Crippen LogP contribution in [0.15, 0.2) is 0 Å². The molecule has 1 aliphatic carbocycles. The highest BCUT2D eigenvalue weighted by atomic mass is 15.2. The second kappa shape index (κ2) is 4.73. The minimum absolute atomic E-state index is 0.371. The van der Waals surface area contributed by atoms with E-state index in [4.69, 9.17) is 0 Å². The van der Waals surface area contributed by atoms with Crippen molar-refractivity contribution < 1.29 is 0 Å². The topological polar surface area (TPSA) is 6.48 Å². The molecule has 2 aliphatic heterocycles. The molecule has 0 spiro atoms. The minimum Gasteiger partial charge on any atom is -0.303 e. The Morgan fingerprint density at radius 2 is 1.53 bits per heavy atom. The van der Waals surface area contributed by atoms with Gasteiger partial charge in [-0.25, -0.2) is 0 Å². The maximum Gasteiger partial charge on any atom is 0.0125 e. The Labute approximate surface area is 119 Å². The van der Waals surface area contributed by atoms with Crippen molar-refractivity contribution in [2.45, 2.75) is 58.9 Å². The second-order valence-electron chi connectivity index (χ2n) is 8.80. The standard InChI is InChI=1S/C17H32N2/c1-16(2,3)19-11-14-9-17(4,10-15(14)12-19)13-18-7-5-6-8-18/h14-15H,5-13H2,1-4H3. The molecule has 3 aliphatic rings. The molecule has 2 saturated heterocycles. The van der Waals surface area contributed by atoms with Gasteiger partial charge in [0, 0.05) is 25.2 Å². The van der Waals surface area contributed by atoms with Crippen molar-refractivity contribution in [2.24, 2.45) is 17.3 Å². The summed E-state index contributed by atoms with van der Waals surface area (Å²) in [5, 5.41) is 0. The summed E-state index contributed by atoms with van der Waals surface area (Å²) in [6.07, 6.45) is 5.81. The molecule has 19 heavy (non-hydrogen) atoms. The maximum absolute atomic E-state index is 2.72. The predicted molar refractivity (Wildman–Crippen MR) is 81.3 cm³/mol. The summed E-state index contributed by atoms with van der Waals surface area (Å²) in [7, 11) is 0. The molecular formula is C17H32N2. The van der Waals surface area contributed by atoms with Gasteiger partial charge in [-0.2, -0.15) is 0 Å². The molecule has 3 fully saturated rings. The monoisotopic (exact) mass is 264 g/mol. The van der Waals surface area contributed by atoms with Crippen molar-refractivity contribution >= 4 is 0 Å². The Kier molecular flexibility index (Phi) is 3.46. The first-order chi connectivity index (χ1) is 8.86. The van der Waals surface area contributed by atoms with Gasteiger partial charge >= 0.3 is 0 Å². The van der Waals surface area contributed by atoms with Gasteiger partial charge in [0.1, 0.15) is 0 Å². The van der Waals surface area contributed by atoms with E-state index in [-0.39, 0.29) is 0 Å². The van der Waals surface area contributed by atoms with Crippen LogP contribution >= 0.6 is 0 Å². The van der Waals surface area contributed by atoms with Gasteiger partial charge in [0.15, 0.2) is 0 Å². The summed E-state index contributed by atoms with van der Waals surface area (Å²) in [6.45, 7) is 16.5. The summed E-state index contributed by atoms with van der Waals surface area (Å²) < 4.78 is 0. The van der Waals surface area contributed by atoms with E-state index >= 15 is 0 Å². The third-order valence-electron chi connectivity index (χ3n) is 5.84. The third kappa shape index (κ3) is 2.85. The number of hydrogen-bond acceptors (Lipinski definition) is 2. The average Bonchev–Trinajstić information content (AvgIpc) is 2.91. The molecule has 2 nitrogen and oxygen atoms in total. The quantitative estimate of drug-likeness (QED) is 0.755. The van der Waals surface area contributed by atoms with Crippen LogP contribution in [-0.2, 0) is 0 Å². The zero-order chi connectivity index (χ0) is 13.7. The van der Waals surface area contributed by atoms with Crippen LogP contribution < -0.4 is 0 Å². The van der Waals surface area contributed by atoms with Crippen LogP contribution in [0.3, 0.4) is 0 Å². The van der Waals surface area contributed by atoms with Gasteiger partial charge in [-0.1, -0.05) is 6.92 Å². The maximum atomic E-state index is 2.72. The number of fused-ring (bicyclic) bond motifs is 1. The largest absolute Gasteiger partial charge is 0.303 e. The molecule has 1 saturated carbocycles. The molecule has 0 aromatic rings. The molecule has 2 atom stereocenters. The number of rotatable bonds is 2. The smallest absolute Gasteiger partial charge is 0.0125 e. The molecule has 0 aromatic heterocycles. The molecule has 0 bridgehead atoms. The minimum atomic E-state index is 0.371. The van der Waals surface area contributed by atoms with E-state index in [2.05, 4.69) is 37.5 Å². The highest BCUT2D eigenvalue weighted by Gasteiger charge is 2.48. The van der Waals surface area contributed by atoms with Crippen LogP contribution in [0, 0.1) is 17.3 Å². The van der Waals surface area contributed by atoms with Gasteiger partial charge in [-0.3, -0.25) is 4.90 Å². The van der Waals surface area contributed by atoms with Crippen molar-refractivity contribution in [3.05, 3.63) is 0 Å². The van der Waals surface area contributed by atoms with E-state index in [1.165, 1.54) is 58.4 Å². The average molecular weight is 264 g/mol. The zero-order valence-corrected chi connectivity index (χ0v) is 13.4. The molecule has 0 aromatic carbocycles. The molecule has 3 rings (SSSR count). The van der Waals surface area contributed by atoms with Gasteiger partial charge in [-0.05, 0) is 76.8 Å². The van der Waals surface area contributed by atoms with Gasteiger partial charge < -0.3 is 4.90 Å². The van der Waals surface area contributed by atoms with Crippen molar-refractivity contribution in [3.63, 3.8) is 0 Å². The number of likely N-dealkylation sites (tertiary alicyclic amines) is 2. The Bertz CT molecular complexity index is 311. The summed E-state index contributed by atoms with van der Waals surface area (Å²) >= 11 is 0. The van der Waals surface area contributed by atoms with E-state index in [1.807, 2.05) is 0 Å². The van der Waals surface area contributed by atoms with Crippen LogP contribution in [0.25, 0.3) is 0 Å². The van der Waals surface area contributed by atoms with Crippen LogP contribution in [-0.4, -0.2) is 48.1 Å². The molecule has 2 heterocycles. The zero-order valence-electron chi connectivity index (χ0n) is 13.4. The Morgan fingerprint density at radius 3 is 2.00 bits per heavy atom. The van der Waals surface area contributed by atoms with E-state index in [0.717, 1.165) is 11.8 Å². The molecule has 0 radical (unpaired) electrons. The van der Waals surface area contributed by atoms with Crippen molar-refractivity contribution in [1.82, 2.24) is 9.80 Å². The molecule has 2 unspecified atom stereocenters. The van der Waals surface area contributed by atoms with Gasteiger partial charge in [0.25, 0.3) is 0 Å². The number of nitrogens with zero attached hydrogens (tertiary/aromatic N) is 2. The van der Waals surface area contributed by atoms with E-state index in [0.29, 0.717) is 11.0 Å². The van der Waals surface area contributed by atoms with Crippen LogP contribution in [0.1, 0.15) is 53.4 Å². The normalized spacial score (nSPS) is 41.1. The Morgan fingerprint density at radius 1 is 1.00 bits per heavy atom. The van der Waals surface area contributed by atoms with Crippen LogP contribution in [0.2, 0.25) is 0 Å².